The zero-order valence-corrected chi connectivity index (χ0v) is 14.1. The van der Waals surface area contributed by atoms with Crippen molar-refractivity contribution in [3.8, 4) is 0 Å². The SMILES string of the molecule is CCC(=O)N1CCc2sc(C(=O)N3CCCCCC3)cc2C1. The van der Waals surface area contributed by atoms with Crippen LogP contribution < -0.4 is 0 Å². The Kier molecular flexibility index (Phi) is 4.81. The minimum Gasteiger partial charge on any atom is -0.338 e. The van der Waals surface area contributed by atoms with Gasteiger partial charge in [-0.1, -0.05) is 19.8 Å². The van der Waals surface area contributed by atoms with E-state index in [-0.39, 0.29) is 11.8 Å². The zero-order chi connectivity index (χ0) is 15.5. The van der Waals surface area contributed by atoms with Gasteiger partial charge in [-0.2, -0.15) is 0 Å². The van der Waals surface area contributed by atoms with E-state index in [1.54, 1.807) is 11.3 Å². The van der Waals surface area contributed by atoms with Gasteiger partial charge in [-0.05, 0) is 30.9 Å². The van der Waals surface area contributed by atoms with Gasteiger partial charge in [-0.15, -0.1) is 11.3 Å². The number of rotatable bonds is 2. The van der Waals surface area contributed by atoms with Gasteiger partial charge in [0, 0.05) is 37.5 Å². The zero-order valence-electron chi connectivity index (χ0n) is 13.3. The molecule has 0 aliphatic carbocycles. The van der Waals surface area contributed by atoms with Crippen molar-refractivity contribution in [3.05, 3.63) is 21.4 Å². The fraction of sp³-hybridized carbons (Fsp3) is 0.647. The maximum absolute atomic E-state index is 12.7. The lowest BCUT2D eigenvalue weighted by Crippen LogP contribution is -2.34. The van der Waals surface area contributed by atoms with Gasteiger partial charge < -0.3 is 9.80 Å². The molecule has 0 saturated carbocycles. The number of carbonyl (C=O) groups excluding carboxylic acids is 2. The van der Waals surface area contributed by atoms with Crippen molar-refractivity contribution >= 4 is 23.2 Å². The molecular weight excluding hydrogens is 296 g/mol. The van der Waals surface area contributed by atoms with Crippen LogP contribution in [0.25, 0.3) is 0 Å². The maximum atomic E-state index is 12.7. The molecule has 0 N–H and O–H groups in total. The largest absolute Gasteiger partial charge is 0.338 e. The molecule has 1 aromatic rings. The second kappa shape index (κ2) is 6.82. The Morgan fingerprint density at radius 2 is 1.82 bits per heavy atom. The summed E-state index contributed by atoms with van der Waals surface area (Å²) in [6, 6.07) is 2.03. The van der Waals surface area contributed by atoms with Crippen LogP contribution in [0.15, 0.2) is 6.07 Å². The van der Waals surface area contributed by atoms with Gasteiger partial charge >= 0.3 is 0 Å². The van der Waals surface area contributed by atoms with E-state index in [0.29, 0.717) is 13.0 Å². The Labute approximate surface area is 136 Å². The van der Waals surface area contributed by atoms with E-state index in [1.165, 1.54) is 23.3 Å². The minimum absolute atomic E-state index is 0.190. The van der Waals surface area contributed by atoms with Crippen molar-refractivity contribution in [2.45, 2.75) is 52.0 Å². The standard InChI is InChI=1S/C17H24N2O2S/c1-2-16(20)19-10-7-14-13(12-19)11-15(22-14)17(21)18-8-5-3-4-6-9-18/h11H,2-10,12H2,1H3. The molecule has 5 heteroatoms. The van der Waals surface area contributed by atoms with Crippen LogP contribution in [0.5, 0.6) is 0 Å². The number of likely N-dealkylation sites (tertiary alicyclic amines) is 1. The van der Waals surface area contributed by atoms with Crippen molar-refractivity contribution < 1.29 is 9.59 Å². The molecule has 2 aliphatic heterocycles. The van der Waals surface area contributed by atoms with E-state index in [2.05, 4.69) is 0 Å². The third kappa shape index (κ3) is 3.19. The molecule has 0 aromatic carbocycles. The average Bonchev–Trinajstić information content (AvgIpc) is 2.78. The number of hydrogen-bond donors (Lipinski definition) is 0. The summed E-state index contributed by atoms with van der Waals surface area (Å²) in [5.74, 6) is 0.395. The van der Waals surface area contributed by atoms with Crippen LogP contribution in [-0.4, -0.2) is 41.2 Å². The third-order valence-corrected chi connectivity index (χ3v) is 5.85. The van der Waals surface area contributed by atoms with Crippen LogP contribution in [-0.2, 0) is 17.8 Å². The lowest BCUT2D eigenvalue weighted by molar-refractivity contribution is -0.131. The first-order valence-corrected chi connectivity index (χ1v) is 9.19. The summed E-state index contributed by atoms with van der Waals surface area (Å²) in [6.07, 6.45) is 6.15. The van der Waals surface area contributed by atoms with Crippen molar-refractivity contribution in [3.63, 3.8) is 0 Å². The first-order valence-electron chi connectivity index (χ1n) is 8.37. The van der Waals surface area contributed by atoms with Gasteiger partial charge in [0.2, 0.25) is 5.91 Å². The summed E-state index contributed by atoms with van der Waals surface area (Å²) in [5.41, 5.74) is 1.18. The van der Waals surface area contributed by atoms with Crippen LogP contribution in [0, 0.1) is 0 Å². The number of thiophene rings is 1. The highest BCUT2D eigenvalue weighted by molar-refractivity contribution is 7.14. The molecule has 2 amide bonds. The minimum atomic E-state index is 0.190. The lowest BCUT2D eigenvalue weighted by Gasteiger charge is -2.26. The van der Waals surface area contributed by atoms with E-state index in [0.717, 1.165) is 43.8 Å². The molecule has 0 radical (unpaired) electrons. The van der Waals surface area contributed by atoms with Gasteiger partial charge in [0.25, 0.3) is 5.91 Å². The normalized spacial score (nSPS) is 18.8. The van der Waals surface area contributed by atoms with E-state index < -0.39 is 0 Å². The lowest BCUT2D eigenvalue weighted by atomic mass is 10.1. The number of hydrogen-bond acceptors (Lipinski definition) is 3. The molecule has 3 heterocycles. The monoisotopic (exact) mass is 320 g/mol. The molecular formula is C17H24N2O2S. The highest BCUT2D eigenvalue weighted by atomic mass is 32.1. The van der Waals surface area contributed by atoms with Crippen molar-refractivity contribution in [1.82, 2.24) is 9.80 Å². The van der Waals surface area contributed by atoms with E-state index >= 15 is 0 Å². The van der Waals surface area contributed by atoms with Crippen LogP contribution in [0.3, 0.4) is 0 Å². The molecule has 3 rings (SSSR count). The number of carbonyl (C=O) groups is 2. The van der Waals surface area contributed by atoms with E-state index in [4.69, 9.17) is 0 Å². The maximum Gasteiger partial charge on any atom is 0.263 e. The summed E-state index contributed by atoms with van der Waals surface area (Å²) in [5, 5.41) is 0. The first-order chi connectivity index (χ1) is 10.7. The Bertz CT molecular complexity index is 559. The Hall–Kier alpha value is -1.36. The number of amides is 2. The van der Waals surface area contributed by atoms with E-state index in [9.17, 15) is 9.59 Å². The number of fused-ring (bicyclic) bond motifs is 1. The van der Waals surface area contributed by atoms with Gasteiger partial charge in [0.05, 0.1) is 4.88 Å². The molecule has 120 valence electrons. The molecule has 4 nitrogen and oxygen atoms in total. The quantitative estimate of drug-likeness (QED) is 0.840. The summed E-state index contributed by atoms with van der Waals surface area (Å²) >= 11 is 1.64. The van der Waals surface area contributed by atoms with E-state index in [1.807, 2.05) is 22.8 Å². The number of nitrogens with zero attached hydrogens (tertiary/aromatic N) is 2. The first kappa shape index (κ1) is 15.5. The third-order valence-electron chi connectivity index (χ3n) is 4.63. The van der Waals surface area contributed by atoms with Crippen LogP contribution in [0.4, 0.5) is 0 Å². The van der Waals surface area contributed by atoms with Gasteiger partial charge in [-0.25, -0.2) is 0 Å². The summed E-state index contributed by atoms with van der Waals surface area (Å²) in [4.78, 5) is 30.6. The molecule has 2 aliphatic rings. The predicted molar refractivity (Wildman–Crippen MR) is 88.1 cm³/mol. The molecule has 0 unspecified atom stereocenters. The molecule has 0 atom stereocenters. The summed E-state index contributed by atoms with van der Waals surface area (Å²) in [7, 11) is 0. The van der Waals surface area contributed by atoms with Crippen molar-refractivity contribution in [1.29, 1.82) is 0 Å². The second-order valence-electron chi connectivity index (χ2n) is 6.18. The van der Waals surface area contributed by atoms with Gasteiger partial charge in [0.15, 0.2) is 0 Å². The summed E-state index contributed by atoms with van der Waals surface area (Å²) in [6.45, 7) is 5.15. The van der Waals surface area contributed by atoms with Crippen LogP contribution >= 0.6 is 11.3 Å². The second-order valence-corrected chi connectivity index (χ2v) is 7.32. The Balaban J connectivity index is 1.73. The molecule has 1 saturated heterocycles. The van der Waals surface area contributed by atoms with Crippen LogP contribution in [0.2, 0.25) is 0 Å². The smallest absolute Gasteiger partial charge is 0.263 e. The Morgan fingerprint density at radius 1 is 1.09 bits per heavy atom. The molecule has 1 aromatic heterocycles. The molecule has 1 fully saturated rings. The fourth-order valence-corrected chi connectivity index (χ4v) is 4.44. The Morgan fingerprint density at radius 3 is 2.50 bits per heavy atom. The van der Waals surface area contributed by atoms with Crippen molar-refractivity contribution in [2.24, 2.45) is 0 Å². The molecule has 0 spiro atoms. The molecule has 0 bridgehead atoms. The highest BCUT2D eigenvalue weighted by Crippen LogP contribution is 2.29. The van der Waals surface area contributed by atoms with Gasteiger partial charge in [-0.3, -0.25) is 9.59 Å². The van der Waals surface area contributed by atoms with Gasteiger partial charge in [0.1, 0.15) is 0 Å². The highest BCUT2D eigenvalue weighted by Gasteiger charge is 2.25. The summed E-state index contributed by atoms with van der Waals surface area (Å²) < 4.78 is 0. The van der Waals surface area contributed by atoms with Crippen molar-refractivity contribution in [2.75, 3.05) is 19.6 Å². The molecule has 22 heavy (non-hydrogen) atoms. The average molecular weight is 320 g/mol. The topological polar surface area (TPSA) is 40.6 Å². The van der Waals surface area contributed by atoms with Crippen LogP contribution in [0.1, 0.15) is 59.1 Å². The fourth-order valence-electron chi connectivity index (χ4n) is 3.30. The predicted octanol–water partition coefficient (Wildman–Crippen LogP) is 3.06.